The van der Waals surface area contributed by atoms with Crippen LogP contribution in [-0.4, -0.2) is 23.4 Å². The van der Waals surface area contributed by atoms with Crippen molar-refractivity contribution >= 4 is 0 Å². The molecule has 1 N–H and O–H groups in total. The molecule has 0 saturated heterocycles. The first-order valence-corrected chi connectivity index (χ1v) is 6.21. The molecule has 1 unspecified atom stereocenters. The van der Waals surface area contributed by atoms with Crippen molar-refractivity contribution in [2.24, 2.45) is 7.05 Å². The zero-order valence-corrected chi connectivity index (χ0v) is 11.4. The van der Waals surface area contributed by atoms with Crippen LogP contribution in [-0.2, 0) is 7.05 Å². The molecule has 19 heavy (non-hydrogen) atoms. The predicted octanol–water partition coefficient (Wildman–Crippen LogP) is 2.27. The van der Waals surface area contributed by atoms with Gasteiger partial charge in [-0.2, -0.15) is 5.10 Å². The summed E-state index contributed by atoms with van der Waals surface area (Å²) >= 11 is 0. The van der Waals surface area contributed by atoms with Gasteiger partial charge in [-0.25, -0.2) is 4.39 Å². The molecule has 1 aromatic heterocycles. The van der Waals surface area contributed by atoms with E-state index in [1.165, 1.54) is 6.07 Å². The molecule has 0 spiro atoms. The second-order valence-corrected chi connectivity index (χ2v) is 4.29. The van der Waals surface area contributed by atoms with Gasteiger partial charge in [0.25, 0.3) is 0 Å². The fourth-order valence-electron chi connectivity index (χ4n) is 2.16. The molecular weight excluding hydrogens is 245 g/mol. The fourth-order valence-corrected chi connectivity index (χ4v) is 2.16. The van der Waals surface area contributed by atoms with Crippen molar-refractivity contribution in [2.75, 3.05) is 13.7 Å². The van der Waals surface area contributed by atoms with Gasteiger partial charge in [0.2, 0.25) is 0 Å². The lowest BCUT2D eigenvalue weighted by Crippen LogP contribution is -2.23. The molecule has 4 nitrogen and oxygen atoms in total. The summed E-state index contributed by atoms with van der Waals surface area (Å²) in [7, 11) is 3.38. The van der Waals surface area contributed by atoms with Crippen molar-refractivity contribution in [1.82, 2.24) is 15.1 Å². The number of methoxy groups -OCH3 is 1. The minimum atomic E-state index is -0.283. The van der Waals surface area contributed by atoms with Crippen LogP contribution in [0.3, 0.4) is 0 Å². The Morgan fingerprint density at radius 2 is 2.26 bits per heavy atom. The zero-order valence-electron chi connectivity index (χ0n) is 11.4. The third-order valence-electron chi connectivity index (χ3n) is 2.99. The number of nitrogens with one attached hydrogen (secondary N) is 1. The molecule has 2 rings (SSSR count). The molecule has 1 heterocycles. The number of benzene rings is 1. The lowest BCUT2D eigenvalue weighted by molar-refractivity contribution is 0.397. The maximum Gasteiger partial charge on any atom is 0.132 e. The second kappa shape index (κ2) is 5.84. The topological polar surface area (TPSA) is 39.1 Å². The highest BCUT2D eigenvalue weighted by molar-refractivity contribution is 5.41. The van der Waals surface area contributed by atoms with Crippen LogP contribution in [0.5, 0.6) is 5.75 Å². The van der Waals surface area contributed by atoms with E-state index in [1.807, 2.05) is 20.2 Å². The van der Waals surface area contributed by atoms with Gasteiger partial charge in [0.15, 0.2) is 0 Å². The number of aryl methyl sites for hydroxylation is 1. The molecule has 0 fully saturated rings. The highest BCUT2D eigenvalue weighted by Gasteiger charge is 2.22. The zero-order chi connectivity index (χ0) is 13.8. The minimum absolute atomic E-state index is 0.269. The summed E-state index contributed by atoms with van der Waals surface area (Å²) in [6.45, 7) is 2.70. The number of aromatic nitrogens is 2. The average Bonchev–Trinajstić information content (AvgIpc) is 2.83. The lowest BCUT2D eigenvalue weighted by Gasteiger charge is -2.20. The summed E-state index contributed by atoms with van der Waals surface area (Å²) < 4.78 is 21.1. The third-order valence-corrected chi connectivity index (χ3v) is 2.99. The first-order valence-electron chi connectivity index (χ1n) is 6.21. The van der Waals surface area contributed by atoms with Gasteiger partial charge in [0.1, 0.15) is 11.6 Å². The molecule has 0 aliphatic heterocycles. The van der Waals surface area contributed by atoms with E-state index in [4.69, 9.17) is 4.74 Å². The van der Waals surface area contributed by atoms with Crippen LogP contribution in [0.25, 0.3) is 0 Å². The Balaban J connectivity index is 2.50. The van der Waals surface area contributed by atoms with Crippen molar-refractivity contribution in [3.63, 3.8) is 0 Å². The molecule has 0 radical (unpaired) electrons. The van der Waals surface area contributed by atoms with Gasteiger partial charge in [0.05, 0.1) is 24.9 Å². The van der Waals surface area contributed by atoms with Gasteiger partial charge < -0.3 is 10.1 Å². The van der Waals surface area contributed by atoms with Crippen LogP contribution in [0.15, 0.2) is 30.6 Å². The summed E-state index contributed by atoms with van der Waals surface area (Å²) in [5.41, 5.74) is 1.42. The Labute approximate surface area is 112 Å². The van der Waals surface area contributed by atoms with Crippen LogP contribution in [0.4, 0.5) is 4.39 Å². The fraction of sp³-hybridized carbons (Fsp3) is 0.357. The standard InChI is InChI=1S/C14H18FN3O/c1-4-16-14(10-8-17-18(2)9-10)13-11(15)6-5-7-12(13)19-3/h5-9,14,16H,4H2,1-3H3. The maximum atomic E-state index is 14.2. The molecule has 0 bridgehead atoms. The number of hydrogen-bond donors (Lipinski definition) is 1. The monoisotopic (exact) mass is 263 g/mol. The Morgan fingerprint density at radius 1 is 1.47 bits per heavy atom. The van der Waals surface area contributed by atoms with Gasteiger partial charge >= 0.3 is 0 Å². The minimum Gasteiger partial charge on any atom is -0.496 e. The van der Waals surface area contributed by atoms with Gasteiger partial charge in [0, 0.05) is 18.8 Å². The Kier molecular flexibility index (Phi) is 4.16. The maximum absolute atomic E-state index is 14.2. The van der Waals surface area contributed by atoms with E-state index < -0.39 is 0 Å². The Hall–Kier alpha value is -1.88. The van der Waals surface area contributed by atoms with Crippen LogP contribution >= 0.6 is 0 Å². The normalized spacial score (nSPS) is 12.4. The van der Waals surface area contributed by atoms with Crippen LogP contribution in [0, 0.1) is 5.82 Å². The molecule has 2 aromatic rings. The Morgan fingerprint density at radius 3 is 2.84 bits per heavy atom. The van der Waals surface area contributed by atoms with Crippen molar-refractivity contribution in [3.05, 3.63) is 47.5 Å². The Bertz CT molecular complexity index is 553. The summed E-state index contributed by atoms with van der Waals surface area (Å²) in [4.78, 5) is 0. The largest absolute Gasteiger partial charge is 0.496 e. The first kappa shape index (κ1) is 13.5. The molecule has 1 atom stereocenters. The van der Waals surface area contributed by atoms with Crippen molar-refractivity contribution in [1.29, 1.82) is 0 Å². The van der Waals surface area contributed by atoms with E-state index in [-0.39, 0.29) is 11.9 Å². The summed E-state index contributed by atoms with van der Waals surface area (Å²) in [5, 5.41) is 7.41. The predicted molar refractivity (Wildman–Crippen MR) is 71.7 cm³/mol. The van der Waals surface area contributed by atoms with Crippen molar-refractivity contribution < 1.29 is 9.13 Å². The van der Waals surface area contributed by atoms with Gasteiger partial charge in [-0.1, -0.05) is 13.0 Å². The van der Waals surface area contributed by atoms with E-state index in [9.17, 15) is 4.39 Å². The molecule has 5 heteroatoms. The number of hydrogen-bond acceptors (Lipinski definition) is 3. The van der Waals surface area contributed by atoms with E-state index in [1.54, 1.807) is 30.1 Å². The van der Waals surface area contributed by atoms with E-state index >= 15 is 0 Å². The highest BCUT2D eigenvalue weighted by Crippen LogP contribution is 2.31. The first-order chi connectivity index (χ1) is 9.17. The molecule has 102 valence electrons. The van der Waals surface area contributed by atoms with E-state index in [0.717, 1.165) is 12.1 Å². The molecule has 0 amide bonds. The lowest BCUT2D eigenvalue weighted by atomic mass is 10.00. The smallest absolute Gasteiger partial charge is 0.132 e. The second-order valence-electron chi connectivity index (χ2n) is 4.29. The number of ether oxygens (including phenoxy) is 1. The number of rotatable bonds is 5. The van der Waals surface area contributed by atoms with Gasteiger partial charge in [-0.15, -0.1) is 0 Å². The van der Waals surface area contributed by atoms with Crippen LogP contribution in [0.2, 0.25) is 0 Å². The average molecular weight is 263 g/mol. The summed E-state index contributed by atoms with van der Waals surface area (Å²) in [5.74, 6) is 0.254. The molecule has 0 aliphatic rings. The molecule has 0 saturated carbocycles. The van der Waals surface area contributed by atoms with Gasteiger partial charge in [-0.05, 0) is 18.7 Å². The van der Waals surface area contributed by atoms with Gasteiger partial charge in [-0.3, -0.25) is 4.68 Å². The van der Waals surface area contributed by atoms with Crippen LogP contribution in [0.1, 0.15) is 24.1 Å². The quantitative estimate of drug-likeness (QED) is 0.899. The molecule has 1 aromatic carbocycles. The van der Waals surface area contributed by atoms with Crippen LogP contribution < -0.4 is 10.1 Å². The third kappa shape index (κ3) is 2.76. The molecule has 0 aliphatic carbocycles. The summed E-state index contributed by atoms with van der Waals surface area (Å²) in [6.07, 6.45) is 3.61. The summed E-state index contributed by atoms with van der Waals surface area (Å²) in [6, 6.07) is 4.58. The number of nitrogens with zero attached hydrogens (tertiary/aromatic N) is 2. The van der Waals surface area contributed by atoms with Crippen molar-refractivity contribution in [2.45, 2.75) is 13.0 Å². The number of halogens is 1. The molecular formula is C14H18FN3O. The van der Waals surface area contributed by atoms with E-state index in [0.29, 0.717) is 11.3 Å². The highest BCUT2D eigenvalue weighted by atomic mass is 19.1. The van der Waals surface area contributed by atoms with E-state index in [2.05, 4.69) is 10.4 Å². The SMILES string of the molecule is CCNC(c1cnn(C)c1)c1c(F)cccc1OC. The van der Waals surface area contributed by atoms with Crippen molar-refractivity contribution in [3.8, 4) is 5.75 Å².